The molecule has 1 rings (SSSR count). The highest BCUT2D eigenvalue weighted by atomic mass is 16.2. The third kappa shape index (κ3) is 3.48. The zero-order chi connectivity index (χ0) is 14.7. The van der Waals surface area contributed by atoms with Crippen molar-refractivity contribution in [3.63, 3.8) is 0 Å². The van der Waals surface area contributed by atoms with E-state index in [0.29, 0.717) is 24.8 Å². The lowest BCUT2D eigenvalue weighted by Gasteiger charge is -2.42. The van der Waals surface area contributed by atoms with Crippen LogP contribution >= 0.6 is 0 Å². The largest absolute Gasteiger partial charge is 0.343 e. The molecule has 1 N–H and O–H groups in total. The highest BCUT2D eigenvalue weighted by Gasteiger charge is 2.41. The maximum absolute atomic E-state index is 12.5. The fourth-order valence-electron chi connectivity index (χ4n) is 2.46. The monoisotopic (exact) mass is 268 g/mol. The molecule has 0 aromatic carbocycles. The summed E-state index contributed by atoms with van der Waals surface area (Å²) in [7, 11) is 0. The van der Waals surface area contributed by atoms with Gasteiger partial charge in [-0.15, -0.1) is 0 Å². The maximum Gasteiger partial charge on any atom is 0.245 e. The molecule has 0 saturated carbocycles. The molecule has 0 radical (unpaired) electrons. The van der Waals surface area contributed by atoms with Crippen molar-refractivity contribution in [2.75, 3.05) is 6.54 Å². The lowest BCUT2D eigenvalue weighted by Crippen LogP contribution is -2.65. The minimum absolute atomic E-state index is 0.00240. The molecule has 3 unspecified atom stereocenters. The van der Waals surface area contributed by atoms with Crippen LogP contribution in [0, 0.1) is 17.8 Å². The first-order chi connectivity index (χ1) is 8.79. The predicted molar refractivity (Wildman–Crippen MR) is 76.6 cm³/mol. The molecule has 4 heteroatoms. The first-order valence-corrected chi connectivity index (χ1v) is 7.40. The fourth-order valence-corrected chi connectivity index (χ4v) is 2.46. The zero-order valence-electron chi connectivity index (χ0n) is 13.1. The smallest absolute Gasteiger partial charge is 0.245 e. The van der Waals surface area contributed by atoms with Crippen LogP contribution in [0.15, 0.2) is 0 Å². The van der Waals surface area contributed by atoms with Crippen LogP contribution in [-0.4, -0.2) is 35.3 Å². The lowest BCUT2D eigenvalue weighted by atomic mass is 9.92. The van der Waals surface area contributed by atoms with E-state index in [1.807, 2.05) is 25.7 Å². The predicted octanol–water partition coefficient (Wildman–Crippen LogP) is 2.04. The lowest BCUT2D eigenvalue weighted by molar-refractivity contribution is -0.152. The number of rotatable bonds is 5. The summed E-state index contributed by atoms with van der Waals surface area (Å²) in [5.74, 6) is 1.12. The molecule has 0 aromatic heterocycles. The van der Waals surface area contributed by atoms with Gasteiger partial charge in [0, 0.05) is 6.54 Å². The van der Waals surface area contributed by atoms with Crippen molar-refractivity contribution in [2.45, 2.75) is 60.0 Å². The molecule has 19 heavy (non-hydrogen) atoms. The Hall–Kier alpha value is -1.06. The summed E-state index contributed by atoms with van der Waals surface area (Å²) in [6, 6.07) is -0.668. The Kier molecular flexibility index (Phi) is 5.39. The van der Waals surface area contributed by atoms with Crippen molar-refractivity contribution in [1.29, 1.82) is 0 Å². The summed E-state index contributed by atoms with van der Waals surface area (Å²) in [5, 5.41) is 2.85. The van der Waals surface area contributed by atoms with E-state index in [-0.39, 0.29) is 29.8 Å². The quantitative estimate of drug-likeness (QED) is 0.829. The minimum Gasteiger partial charge on any atom is -0.343 e. The summed E-state index contributed by atoms with van der Waals surface area (Å²) in [6.45, 7) is 13.0. The summed E-state index contributed by atoms with van der Waals surface area (Å²) < 4.78 is 0. The first-order valence-electron chi connectivity index (χ1n) is 7.40. The van der Waals surface area contributed by atoms with E-state index in [1.165, 1.54) is 0 Å². The molecule has 4 nitrogen and oxygen atoms in total. The molecule has 0 spiro atoms. The highest BCUT2D eigenvalue weighted by molar-refractivity contribution is 5.97. The van der Waals surface area contributed by atoms with Gasteiger partial charge in [-0.25, -0.2) is 0 Å². The van der Waals surface area contributed by atoms with Gasteiger partial charge in [0.1, 0.15) is 12.1 Å². The van der Waals surface area contributed by atoms with Crippen LogP contribution in [0.4, 0.5) is 0 Å². The van der Waals surface area contributed by atoms with Gasteiger partial charge in [0.05, 0.1) is 0 Å². The Morgan fingerprint density at radius 2 is 1.74 bits per heavy atom. The summed E-state index contributed by atoms with van der Waals surface area (Å²) in [5.41, 5.74) is 0. The van der Waals surface area contributed by atoms with Gasteiger partial charge < -0.3 is 10.2 Å². The molecule has 1 fully saturated rings. The second kappa shape index (κ2) is 6.40. The molecule has 1 saturated heterocycles. The topological polar surface area (TPSA) is 49.4 Å². The van der Waals surface area contributed by atoms with Crippen LogP contribution < -0.4 is 5.32 Å². The normalized spacial score (nSPS) is 26.0. The van der Waals surface area contributed by atoms with E-state index in [1.54, 1.807) is 0 Å². The summed E-state index contributed by atoms with van der Waals surface area (Å²) in [4.78, 5) is 26.5. The van der Waals surface area contributed by atoms with E-state index in [0.717, 1.165) is 0 Å². The average molecular weight is 268 g/mol. The zero-order valence-corrected chi connectivity index (χ0v) is 13.1. The van der Waals surface area contributed by atoms with Gasteiger partial charge in [0.2, 0.25) is 11.8 Å². The van der Waals surface area contributed by atoms with Crippen LogP contribution in [0.2, 0.25) is 0 Å². The SMILES string of the molecule is CCC1NC(=O)C(C(C)C)N(CC(C)C(C)C)C1=O. The Morgan fingerprint density at radius 1 is 1.16 bits per heavy atom. The third-order valence-electron chi connectivity index (χ3n) is 4.16. The Bertz CT molecular complexity index is 339. The van der Waals surface area contributed by atoms with Crippen LogP contribution in [0.3, 0.4) is 0 Å². The molecular formula is C15H28N2O2. The van der Waals surface area contributed by atoms with Gasteiger partial charge >= 0.3 is 0 Å². The van der Waals surface area contributed by atoms with Crippen molar-refractivity contribution in [3.8, 4) is 0 Å². The van der Waals surface area contributed by atoms with Crippen molar-refractivity contribution in [3.05, 3.63) is 0 Å². The molecular weight excluding hydrogens is 240 g/mol. The molecule has 3 atom stereocenters. The van der Waals surface area contributed by atoms with Crippen LogP contribution in [0.25, 0.3) is 0 Å². The maximum atomic E-state index is 12.5. The third-order valence-corrected chi connectivity index (χ3v) is 4.16. The second-order valence-electron chi connectivity index (χ2n) is 6.37. The number of hydrogen-bond acceptors (Lipinski definition) is 2. The number of carbonyl (C=O) groups excluding carboxylic acids is 2. The van der Waals surface area contributed by atoms with E-state index in [4.69, 9.17) is 0 Å². The number of amides is 2. The molecule has 1 aliphatic heterocycles. The van der Waals surface area contributed by atoms with Gasteiger partial charge in [-0.3, -0.25) is 9.59 Å². The molecule has 1 heterocycles. The molecule has 2 amide bonds. The van der Waals surface area contributed by atoms with Crippen LogP contribution in [0.5, 0.6) is 0 Å². The summed E-state index contributed by atoms with van der Waals surface area (Å²) in [6.07, 6.45) is 0.655. The number of nitrogens with zero attached hydrogens (tertiary/aromatic N) is 1. The molecule has 0 aliphatic carbocycles. The van der Waals surface area contributed by atoms with E-state index < -0.39 is 0 Å². The minimum atomic E-state index is -0.345. The van der Waals surface area contributed by atoms with E-state index in [9.17, 15) is 9.59 Å². The van der Waals surface area contributed by atoms with Crippen LogP contribution in [0.1, 0.15) is 48.0 Å². The highest BCUT2D eigenvalue weighted by Crippen LogP contribution is 2.22. The van der Waals surface area contributed by atoms with Gasteiger partial charge in [-0.05, 0) is 24.2 Å². The van der Waals surface area contributed by atoms with Crippen LogP contribution in [-0.2, 0) is 9.59 Å². The van der Waals surface area contributed by atoms with Gasteiger partial charge in [-0.1, -0.05) is 41.5 Å². The Balaban J connectivity index is 2.96. The Morgan fingerprint density at radius 3 is 2.16 bits per heavy atom. The standard InChI is InChI=1S/C15H28N2O2/c1-7-12-15(19)17(8-11(6)9(2)3)13(10(4)5)14(18)16-12/h9-13H,7-8H2,1-6H3,(H,16,18). The van der Waals surface area contributed by atoms with E-state index in [2.05, 4.69) is 26.1 Å². The fraction of sp³-hybridized carbons (Fsp3) is 0.867. The number of hydrogen-bond donors (Lipinski definition) is 1. The molecule has 0 aromatic rings. The summed E-state index contributed by atoms with van der Waals surface area (Å²) >= 11 is 0. The Labute approximate surface area is 116 Å². The molecule has 110 valence electrons. The van der Waals surface area contributed by atoms with E-state index >= 15 is 0 Å². The number of carbonyl (C=O) groups is 2. The van der Waals surface area contributed by atoms with Gasteiger partial charge in [0.25, 0.3) is 0 Å². The van der Waals surface area contributed by atoms with Gasteiger partial charge in [0.15, 0.2) is 0 Å². The van der Waals surface area contributed by atoms with Crippen molar-refractivity contribution >= 4 is 11.8 Å². The van der Waals surface area contributed by atoms with Crippen molar-refractivity contribution < 1.29 is 9.59 Å². The average Bonchev–Trinajstić information content (AvgIpc) is 2.32. The van der Waals surface area contributed by atoms with Gasteiger partial charge in [-0.2, -0.15) is 0 Å². The number of piperazine rings is 1. The van der Waals surface area contributed by atoms with Crippen molar-refractivity contribution in [1.82, 2.24) is 10.2 Å². The van der Waals surface area contributed by atoms with Crippen molar-refractivity contribution in [2.24, 2.45) is 17.8 Å². The second-order valence-corrected chi connectivity index (χ2v) is 6.37. The number of nitrogens with one attached hydrogen (secondary N) is 1. The first kappa shape index (κ1) is 16.0. The molecule has 0 bridgehead atoms. The molecule has 1 aliphatic rings.